The van der Waals surface area contributed by atoms with Gasteiger partial charge in [0, 0.05) is 6.54 Å². The normalized spacial score (nSPS) is 19.2. The van der Waals surface area contributed by atoms with Crippen molar-refractivity contribution in [1.29, 1.82) is 0 Å². The van der Waals surface area contributed by atoms with E-state index in [4.69, 9.17) is 4.42 Å². The summed E-state index contributed by atoms with van der Waals surface area (Å²) in [6.07, 6.45) is 6.82. The Morgan fingerprint density at radius 2 is 2.32 bits per heavy atom. The number of furan rings is 1. The molecular weight excluding hydrogens is 296 g/mol. The molecule has 0 spiro atoms. The van der Waals surface area contributed by atoms with Crippen molar-refractivity contribution in [2.45, 2.75) is 52.0 Å². The molecule has 2 aromatic rings. The summed E-state index contributed by atoms with van der Waals surface area (Å²) >= 11 is 1.51. The maximum atomic E-state index is 13.1. The zero-order valence-electron chi connectivity index (χ0n) is 13.2. The minimum atomic E-state index is 0.0529. The van der Waals surface area contributed by atoms with Gasteiger partial charge in [0.1, 0.15) is 10.6 Å². The van der Waals surface area contributed by atoms with Gasteiger partial charge in [-0.2, -0.15) is 0 Å². The number of hydrogen-bond donors (Lipinski definition) is 0. The highest BCUT2D eigenvalue weighted by Gasteiger charge is 2.31. The van der Waals surface area contributed by atoms with Crippen molar-refractivity contribution in [3.63, 3.8) is 0 Å². The first-order valence-electron chi connectivity index (χ1n) is 8.01. The lowest BCUT2D eigenvalue weighted by molar-refractivity contribution is 0.0662. The van der Waals surface area contributed by atoms with Crippen LogP contribution < -0.4 is 0 Å². The molecular formula is C17H22N2O2S. The predicted octanol–water partition coefficient (Wildman–Crippen LogP) is 4.36. The van der Waals surface area contributed by atoms with Crippen molar-refractivity contribution in [2.24, 2.45) is 0 Å². The molecule has 3 heterocycles. The molecule has 1 atom stereocenters. The third-order valence-corrected chi connectivity index (χ3v) is 5.22. The number of hydrogen-bond acceptors (Lipinski definition) is 4. The number of aromatic nitrogens is 1. The van der Waals surface area contributed by atoms with Crippen molar-refractivity contribution in [3.8, 4) is 0 Å². The number of rotatable bonds is 3. The van der Waals surface area contributed by atoms with Crippen molar-refractivity contribution >= 4 is 17.2 Å². The van der Waals surface area contributed by atoms with Gasteiger partial charge < -0.3 is 9.32 Å². The van der Waals surface area contributed by atoms with Crippen LogP contribution in [-0.4, -0.2) is 22.3 Å². The Morgan fingerprint density at radius 3 is 3.05 bits per heavy atom. The maximum Gasteiger partial charge on any atom is 0.266 e. The van der Waals surface area contributed by atoms with E-state index in [0.29, 0.717) is 0 Å². The van der Waals surface area contributed by atoms with Gasteiger partial charge in [-0.15, -0.1) is 11.3 Å². The molecule has 0 radical (unpaired) electrons. The largest absolute Gasteiger partial charge is 0.467 e. The predicted molar refractivity (Wildman–Crippen MR) is 87.2 cm³/mol. The molecule has 1 fully saturated rings. The number of amides is 1. The zero-order valence-corrected chi connectivity index (χ0v) is 14.0. The zero-order chi connectivity index (χ0) is 15.5. The molecule has 1 aliphatic rings. The topological polar surface area (TPSA) is 46.3 Å². The summed E-state index contributed by atoms with van der Waals surface area (Å²) in [5.74, 6) is 1.01. The van der Waals surface area contributed by atoms with Crippen LogP contribution in [0.4, 0.5) is 0 Å². The monoisotopic (exact) mass is 318 g/mol. The molecule has 1 unspecified atom stereocenters. The average molecular weight is 318 g/mol. The first kappa shape index (κ1) is 15.3. The molecule has 1 saturated heterocycles. The molecule has 118 valence electrons. The summed E-state index contributed by atoms with van der Waals surface area (Å²) in [6, 6.07) is 3.93. The van der Waals surface area contributed by atoms with E-state index >= 15 is 0 Å². The van der Waals surface area contributed by atoms with Crippen molar-refractivity contribution in [3.05, 3.63) is 39.7 Å². The number of aryl methyl sites for hydroxylation is 2. The molecule has 5 heteroatoms. The van der Waals surface area contributed by atoms with Crippen LogP contribution >= 0.6 is 11.3 Å². The standard InChI is InChI=1S/C17H22N2O2S/c1-3-13-16(22-12(2)18-13)17(20)19-10-6-4-5-8-14(19)15-9-7-11-21-15/h7,9,11,14H,3-6,8,10H2,1-2H3. The molecule has 0 aromatic carbocycles. The summed E-state index contributed by atoms with van der Waals surface area (Å²) in [6.45, 7) is 4.81. The number of carbonyl (C=O) groups excluding carboxylic acids is 1. The minimum Gasteiger partial charge on any atom is -0.467 e. The lowest BCUT2D eigenvalue weighted by Crippen LogP contribution is -2.34. The van der Waals surface area contributed by atoms with E-state index in [-0.39, 0.29) is 11.9 Å². The summed E-state index contributed by atoms with van der Waals surface area (Å²) in [4.78, 5) is 20.4. The molecule has 3 rings (SSSR count). The third-order valence-electron chi connectivity index (χ3n) is 4.22. The van der Waals surface area contributed by atoms with Gasteiger partial charge in [-0.3, -0.25) is 4.79 Å². The number of likely N-dealkylation sites (tertiary alicyclic amines) is 1. The lowest BCUT2D eigenvalue weighted by atomic mass is 10.1. The Balaban J connectivity index is 1.93. The molecule has 2 aromatic heterocycles. The smallest absolute Gasteiger partial charge is 0.266 e. The molecule has 1 aliphatic heterocycles. The van der Waals surface area contributed by atoms with Crippen LogP contribution in [0.5, 0.6) is 0 Å². The summed E-state index contributed by atoms with van der Waals surface area (Å²) in [7, 11) is 0. The fourth-order valence-electron chi connectivity index (χ4n) is 3.14. The molecule has 0 bridgehead atoms. The first-order chi connectivity index (χ1) is 10.7. The number of thiazole rings is 1. The van der Waals surface area contributed by atoms with E-state index < -0.39 is 0 Å². The van der Waals surface area contributed by atoms with Crippen molar-refractivity contribution in [2.75, 3.05) is 6.54 Å². The Bertz CT molecular complexity index is 633. The number of carbonyl (C=O) groups is 1. The van der Waals surface area contributed by atoms with Crippen LogP contribution in [0.2, 0.25) is 0 Å². The van der Waals surface area contributed by atoms with Gasteiger partial charge in [0.05, 0.1) is 23.0 Å². The highest BCUT2D eigenvalue weighted by molar-refractivity contribution is 7.13. The van der Waals surface area contributed by atoms with Crippen molar-refractivity contribution < 1.29 is 9.21 Å². The van der Waals surface area contributed by atoms with E-state index in [1.54, 1.807) is 6.26 Å². The molecule has 0 saturated carbocycles. The van der Waals surface area contributed by atoms with Crippen LogP contribution in [0.1, 0.15) is 64.8 Å². The fourth-order valence-corrected chi connectivity index (χ4v) is 4.10. The highest BCUT2D eigenvalue weighted by atomic mass is 32.1. The first-order valence-corrected chi connectivity index (χ1v) is 8.83. The third kappa shape index (κ3) is 2.95. The number of nitrogens with zero attached hydrogens (tertiary/aromatic N) is 2. The maximum absolute atomic E-state index is 13.1. The highest BCUT2D eigenvalue weighted by Crippen LogP contribution is 2.33. The minimum absolute atomic E-state index is 0.0529. The SMILES string of the molecule is CCc1nc(C)sc1C(=O)N1CCCCCC1c1ccco1. The van der Waals surface area contributed by atoms with E-state index in [0.717, 1.165) is 53.6 Å². The van der Waals surface area contributed by atoms with Crippen molar-refractivity contribution in [1.82, 2.24) is 9.88 Å². The van der Waals surface area contributed by atoms with Crippen LogP contribution in [0.15, 0.2) is 22.8 Å². The summed E-state index contributed by atoms with van der Waals surface area (Å²) in [5, 5.41) is 0.963. The Kier molecular flexibility index (Phi) is 4.62. The van der Waals surface area contributed by atoms with E-state index in [1.807, 2.05) is 24.0 Å². The summed E-state index contributed by atoms with van der Waals surface area (Å²) in [5.41, 5.74) is 0.926. The van der Waals surface area contributed by atoms with Gasteiger partial charge in [0.2, 0.25) is 0 Å². The fraction of sp³-hybridized carbons (Fsp3) is 0.529. The molecule has 22 heavy (non-hydrogen) atoms. The second kappa shape index (κ2) is 6.65. The second-order valence-corrected chi connectivity index (χ2v) is 6.94. The Labute approximate surface area is 135 Å². The molecule has 0 aliphatic carbocycles. The van der Waals surface area contributed by atoms with Gasteiger partial charge in [0.25, 0.3) is 5.91 Å². The lowest BCUT2D eigenvalue weighted by Gasteiger charge is -2.28. The van der Waals surface area contributed by atoms with Gasteiger partial charge in [-0.1, -0.05) is 19.8 Å². The summed E-state index contributed by atoms with van der Waals surface area (Å²) < 4.78 is 5.60. The van der Waals surface area contributed by atoms with Crippen LogP contribution in [0, 0.1) is 6.92 Å². The van der Waals surface area contributed by atoms with E-state index in [1.165, 1.54) is 17.8 Å². The molecule has 0 N–H and O–H groups in total. The second-order valence-electron chi connectivity index (χ2n) is 5.74. The van der Waals surface area contributed by atoms with Gasteiger partial charge in [-0.05, 0) is 38.3 Å². The van der Waals surface area contributed by atoms with Gasteiger partial charge in [-0.25, -0.2) is 4.98 Å². The van der Waals surface area contributed by atoms with Crippen LogP contribution in [0.25, 0.3) is 0 Å². The quantitative estimate of drug-likeness (QED) is 0.844. The Morgan fingerprint density at radius 1 is 1.45 bits per heavy atom. The van der Waals surface area contributed by atoms with Gasteiger partial charge in [0.15, 0.2) is 0 Å². The van der Waals surface area contributed by atoms with Crippen LogP contribution in [0.3, 0.4) is 0 Å². The molecule has 1 amide bonds. The average Bonchev–Trinajstić information content (AvgIpc) is 3.10. The van der Waals surface area contributed by atoms with Gasteiger partial charge >= 0.3 is 0 Å². The molecule has 4 nitrogen and oxygen atoms in total. The van der Waals surface area contributed by atoms with E-state index in [2.05, 4.69) is 11.9 Å². The van der Waals surface area contributed by atoms with Crippen LogP contribution in [-0.2, 0) is 6.42 Å². The van der Waals surface area contributed by atoms with E-state index in [9.17, 15) is 4.79 Å². The Hall–Kier alpha value is -1.62.